The highest BCUT2D eigenvalue weighted by atomic mass is 19.1. The number of rotatable bonds is 2. The smallest absolute Gasteiger partial charge is 0.148 e. The van der Waals surface area contributed by atoms with Gasteiger partial charge < -0.3 is 5.11 Å². The van der Waals surface area contributed by atoms with Gasteiger partial charge in [-0.25, -0.2) is 4.39 Å². The van der Waals surface area contributed by atoms with Gasteiger partial charge in [-0.3, -0.25) is 0 Å². The number of hydrogen-bond donors (Lipinski definition) is 1. The summed E-state index contributed by atoms with van der Waals surface area (Å²) in [6.07, 6.45) is -1.25. The maximum atomic E-state index is 13.1. The summed E-state index contributed by atoms with van der Waals surface area (Å²) in [6, 6.07) is 5.45. The van der Waals surface area contributed by atoms with Crippen molar-refractivity contribution in [3.63, 3.8) is 0 Å². The van der Waals surface area contributed by atoms with E-state index >= 15 is 0 Å². The monoisotopic (exact) mass is 168 g/mol. The van der Waals surface area contributed by atoms with Crippen molar-refractivity contribution >= 4 is 0 Å². The maximum Gasteiger partial charge on any atom is 0.148 e. The van der Waals surface area contributed by atoms with Gasteiger partial charge in [-0.15, -0.1) is 0 Å². The van der Waals surface area contributed by atoms with Crippen LogP contribution < -0.4 is 0 Å². The maximum absolute atomic E-state index is 13.1. The Morgan fingerprint density at radius 1 is 1.42 bits per heavy atom. The molecule has 1 aromatic rings. The quantitative estimate of drug-likeness (QED) is 0.718. The highest BCUT2D eigenvalue weighted by Crippen LogP contribution is 2.22. The minimum Gasteiger partial charge on any atom is -0.393 e. The van der Waals surface area contributed by atoms with Gasteiger partial charge >= 0.3 is 0 Å². The van der Waals surface area contributed by atoms with Gasteiger partial charge in [-0.05, 0) is 30.5 Å². The van der Waals surface area contributed by atoms with Gasteiger partial charge in [0.2, 0.25) is 0 Å². The van der Waals surface area contributed by atoms with Gasteiger partial charge in [0.1, 0.15) is 6.17 Å². The second-order valence-corrected chi connectivity index (χ2v) is 2.94. The molecule has 0 bridgehead atoms. The van der Waals surface area contributed by atoms with E-state index in [1.807, 2.05) is 19.9 Å². The molecule has 0 saturated carbocycles. The highest BCUT2D eigenvalue weighted by Gasteiger charge is 2.11. The van der Waals surface area contributed by atoms with Gasteiger partial charge in [0.05, 0.1) is 6.61 Å². The van der Waals surface area contributed by atoms with Crippen LogP contribution in [-0.4, -0.2) is 11.7 Å². The average molecular weight is 168 g/mol. The summed E-state index contributed by atoms with van der Waals surface area (Å²) in [5.74, 6) is 0. The minimum atomic E-state index is -1.25. The topological polar surface area (TPSA) is 20.2 Å². The third kappa shape index (κ3) is 1.64. The first-order chi connectivity index (χ1) is 5.66. The van der Waals surface area contributed by atoms with Crippen LogP contribution in [0, 0.1) is 13.8 Å². The zero-order valence-corrected chi connectivity index (χ0v) is 7.34. The summed E-state index contributed by atoms with van der Waals surface area (Å²) >= 11 is 0. The van der Waals surface area contributed by atoms with Crippen LogP contribution in [0.4, 0.5) is 4.39 Å². The molecule has 0 aromatic heterocycles. The van der Waals surface area contributed by atoms with E-state index in [1.165, 1.54) is 0 Å². The van der Waals surface area contributed by atoms with E-state index in [0.717, 1.165) is 11.1 Å². The first-order valence-corrected chi connectivity index (χ1v) is 3.98. The van der Waals surface area contributed by atoms with Crippen molar-refractivity contribution in [1.29, 1.82) is 0 Å². The average Bonchev–Trinajstić information content (AvgIpc) is 2.08. The lowest BCUT2D eigenvalue weighted by Gasteiger charge is -2.10. The van der Waals surface area contributed by atoms with Crippen LogP contribution in [0.25, 0.3) is 0 Å². The first kappa shape index (κ1) is 9.20. The van der Waals surface area contributed by atoms with Crippen LogP contribution >= 0.6 is 0 Å². The largest absolute Gasteiger partial charge is 0.393 e. The Morgan fingerprint density at radius 3 is 2.67 bits per heavy atom. The summed E-state index contributed by atoms with van der Waals surface area (Å²) in [5, 5.41) is 8.63. The van der Waals surface area contributed by atoms with Gasteiger partial charge in [0.15, 0.2) is 0 Å². The van der Waals surface area contributed by atoms with E-state index in [1.54, 1.807) is 12.1 Å². The van der Waals surface area contributed by atoms with Crippen molar-refractivity contribution < 1.29 is 9.50 Å². The molecule has 1 atom stereocenters. The van der Waals surface area contributed by atoms with Crippen LogP contribution in [0.1, 0.15) is 22.9 Å². The van der Waals surface area contributed by atoms with Crippen LogP contribution in [0.3, 0.4) is 0 Å². The van der Waals surface area contributed by atoms with E-state index < -0.39 is 12.8 Å². The Kier molecular flexibility index (Phi) is 2.82. The fourth-order valence-corrected chi connectivity index (χ4v) is 1.21. The van der Waals surface area contributed by atoms with Crippen LogP contribution in [0.5, 0.6) is 0 Å². The number of alkyl halides is 1. The van der Waals surface area contributed by atoms with Gasteiger partial charge in [0, 0.05) is 0 Å². The van der Waals surface area contributed by atoms with Crippen molar-refractivity contribution in [1.82, 2.24) is 0 Å². The first-order valence-electron chi connectivity index (χ1n) is 3.98. The third-order valence-corrected chi connectivity index (χ3v) is 2.14. The minimum absolute atomic E-state index is 0.440. The highest BCUT2D eigenvalue weighted by molar-refractivity contribution is 5.34. The number of aliphatic hydroxyl groups excluding tert-OH is 1. The van der Waals surface area contributed by atoms with Crippen LogP contribution in [0.15, 0.2) is 18.2 Å². The van der Waals surface area contributed by atoms with Crippen molar-refractivity contribution in [2.75, 3.05) is 6.61 Å². The molecular formula is C10H13FO. The lowest BCUT2D eigenvalue weighted by Crippen LogP contribution is -2.00. The second-order valence-electron chi connectivity index (χ2n) is 2.94. The van der Waals surface area contributed by atoms with E-state index in [4.69, 9.17) is 5.11 Å². The summed E-state index contributed by atoms with van der Waals surface area (Å²) in [5.41, 5.74) is 2.58. The van der Waals surface area contributed by atoms with Crippen molar-refractivity contribution in [2.24, 2.45) is 0 Å². The molecule has 0 heterocycles. The Balaban J connectivity index is 3.07. The molecule has 0 radical (unpaired) electrons. The summed E-state index contributed by atoms with van der Waals surface area (Å²) < 4.78 is 13.1. The molecule has 0 aliphatic carbocycles. The molecule has 12 heavy (non-hydrogen) atoms. The van der Waals surface area contributed by atoms with E-state index in [0.29, 0.717) is 5.56 Å². The lowest BCUT2D eigenvalue weighted by atomic mass is 10.0. The Labute approximate surface area is 71.9 Å². The van der Waals surface area contributed by atoms with Gasteiger partial charge in [-0.2, -0.15) is 0 Å². The fraction of sp³-hybridized carbons (Fsp3) is 0.400. The number of aryl methyl sites for hydroxylation is 1. The standard InChI is InChI=1S/C10H13FO/c1-7-4-3-5-9(8(7)2)10(11)6-12/h3-5,10,12H,6H2,1-2H3. The SMILES string of the molecule is Cc1cccc(C(F)CO)c1C. The summed E-state index contributed by atoms with van der Waals surface area (Å²) in [4.78, 5) is 0. The Morgan fingerprint density at radius 2 is 2.08 bits per heavy atom. The van der Waals surface area contributed by atoms with Gasteiger partial charge in [-0.1, -0.05) is 18.2 Å². The van der Waals surface area contributed by atoms with Gasteiger partial charge in [0.25, 0.3) is 0 Å². The van der Waals surface area contributed by atoms with Crippen LogP contribution in [0.2, 0.25) is 0 Å². The predicted molar refractivity (Wildman–Crippen MR) is 46.9 cm³/mol. The molecule has 1 aromatic carbocycles. The predicted octanol–water partition coefficient (Wildman–Crippen LogP) is 2.31. The van der Waals surface area contributed by atoms with Crippen LogP contribution in [-0.2, 0) is 0 Å². The molecule has 2 heteroatoms. The van der Waals surface area contributed by atoms with E-state index in [-0.39, 0.29) is 0 Å². The molecule has 0 aliphatic rings. The third-order valence-electron chi connectivity index (χ3n) is 2.14. The molecule has 1 unspecified atom stereocenters. The molecule has 0 saturated heterocycles. The van der Waals surface area contributed by atoms with E-state index in [9.17, 15) is 4.39 Å². The Bertz CT molecular complexity index is 271. The Hall–Kier alpha value is -0.890. The molecule has 1 rings (SSSR count). The molecule has 66 valence electrons. The molecular weight excluding hydrogens is 155 g/mol. The van der Waals surface area contributed by atoms with E-state index in [2.05, 4.69) is 0 Å². The number of hydrogen-bond acceptors (Lipinski definition) is 1. The summed E-state index contributed by atoms with van der Waals surface area (Å²) in [7, 11) is 0. The zero-order valence-electron chi connectivity index (χ0n) is 7.34. The summed E-state index contributed by atoms with van der Waals surface area (Å²) in [6.45, 7) is 3.36. The molecule has 1 N–H and O–H groups in total. The molecule has 1 nitrogen and oxygen atoms in total. The number of benzene rings is 1. The molecule has 0 amide bonds. The van der Waals surface area contributed by atoms with Crippen molar-refractivity contribution in [3.8, 4) is 0 Å². The number of aliphatic hydroxyl groups is 1. The number of halogens is 1. The molecule has 0 spiro atoms. The molecule has 0 fully saturated rings. The fourth-order valence-electron chi connectivity index (χ4n) is 1.21. The second kappa shape index (κ2) is 3.68. The van der Waals surface area contributed by atoms with Crippen molar-refractivity contribution in [3.05, 3.63) is 34.9 Å². The normalized spacial score (nSPS) is 13.0. The molecule has 0 aliphatic heterocycles. The lowest BCUT2D eigenvalue weighted by molar-refractivity contribution is 0.179. The zero-order chi connectivity index (χ0) is 9.14. The van der Waals surface area contributed by atoms with Crippen molar-refractivity contribution in [2.45, 2.75) is 20.0 Å².